The van der Waals surface area contributed by atoms with Gasteiger partial charge in [-0.15, -0.1) is 0 Å². The standard InChI is InChI=1S/C18H36N4O2S/c1-4-16(5-2)17-9-11-22(14-17)18(19-3)20-10-12-25(23,24)21-13-15-7-6-8-15/h15-17,21H,4-14H2,1-3H3,(H,19,20). The molecule has 7 heteroatoms. The number of nitrogens with zero attached hydrogens (tertiary/aromatic N) is 2. The van der Waals surface area contributed by atoms with Crippen molar-refractivity contribution in [1.82, 2.24) is 14.9 Å². The van der Waals surface area contributed by atoms with Gasteiger partial charge >= 0.3 is 0 Å². The Morgan fingerprint density at radius 1 is 1.24 bits per heavy atom. The Hall–Kier alpha value is -0.820. The number of hydrogen-bond acceptors (Lipinski definition) is 3. The zero-order chi connectivity index (χ0) is 18.3. The number of sulfonamides is 1. The maximum absolute atomic E-state index is 12.1. The van der Waals surface area contributed by atoms with Gasteiger partial charge < -0.3 is 10.2 Å². The number of aliphatic imine (C=N–C) groups is 1. The average Bonchev–Trinajstić information content (AvgIpc) is 3.00. The molecular formula is C18H36N4O2S. The molecule has 25 heavy (non-hydrogen) atoms. The van der Waals surface area contributed by atoms with Crippen molar-refractivity contribution in [3.8, 4) is 0 Å². The lowest BCUT2D eigenvalue weighted by Crippen LogP contribution is -2.43. The predicted octanol–water partition coefficient (Wildman–Crippen LogP) is 2.04. The first-order valence-electron chi connectivity index (χ1n) is 9.92. The van der Waals surface area contributed by atoms with E-state index in [1.54, 1.807) is 7.05 Å². The molecule has 6 nitrogen and oxygen atoms in total. The van der Waals surface area contributed by atoms with Crippen LogP contribution in [-0.2, 0) is 10.0 Å². The Labute approximate surface area is 153 Å². The fraction of sp³-hybridized carbons (Fsp3) is 0.944. The highest BCUT2D eigenvalue weighted by atomic mass is 32.2. The molecule has 0 aromatic rings. The smallest absolute Gasteiger partial charge is 0.213 e. The Bertz CT molecular complexity index is 527. The summed E-state index contributed by atoms with van der Waals surface area (Å²) in [5, 5.41) is 3.24. The summed E-state index contributed by atoms with van der Waals surface area (Å²) in [6, 6.07) is 0. The summed E-state index contributed by atoms with van der Waals surface area (Å²) in [6.45, 7) is 7.57. The van der Waals surface area contributed by atoms with Crippen LogP contribution in [0.25, 0.3) is 0 Å². The molecule has 1 atom stereocenters. The van der Waals surface area contributed by atoms with Gasteiger partial charge in [-0.05, 0) is 37.0 Å². The third kappa shape index (κ3) is 6.13. The summed E-state index contributed by atoms with van der Waals surface area (Å²) >= 11 is 0. The lowest BCUT2D eigenvalue weighted by atomic mass is 9.86. The van der Waals surface area contributed by atoms with Crippen molar-refractivity contribution in [3.63, 3.8) is 0 Å². The molecule has 0 aromatic heterocycles. The van der Waals surface area contributed by atoms with E-state index >= 15 is 0 Å². The van der Waals surface area contributed by atoms with Crippen LogP contribution in [0.5, 0.6) is 0 Å². The van der Waals surface area contributed by atoms with Gasteiger partial charge in [-0.1, -0.05) is 33.1 Å². The average molecular weight is 373 g/mol. The van der Waals surface area contributed by atoms with Crippen LogP contribution in [0.3, 0.4) is 0 Å². The van der Waals surface area contributed by atoms with E-state index in [9.17, 15) is 8.42 Å². The molecule has 0 bridgehead atoms. The molecule has 1 aliphatic heterocycles. The van der Waals surface area contributed by atoms with Crippen molar-refractivity contribution < 1.29 is 8.42 Å². The summed E-state index contributed by atoms with van der Waals surface area (Å²) in [7, 11) is -1.42. The van der Waals surface area contributed by atoms with Crippen LogP contribution in [0.4, 0.5) is 0 Å². The van der Waals surface area contributed by atoms with Gasteiger partial charge in [0.1, 0.15) is 0 Å². The molecule has 2 rings (SSSR count). The number of nitrogens with one attached hydrogen (secondary N) is 2. The number of guanidine groups is 1. The monoisotopic (exact) mass is 372 g/mol. The molecule has 2 fully saturated rings. The Morgan fingerprint density at radius 2 is 1.96 bits per heavy atom. The van der Waals surface area contributed by atoms with Crippen molar-refractivity contribution in [2.45, 2.75) is 52.4 Å². The molecule has 1 unspecified atom stereocenters. The Morgan fingerprint density at radius 3 is 2.52 bits per heavy atom. The fourth-order valence-corrected chi connectivity index (χ4v) is 4.97. The second-order valence-electron chi connectivity index (χ2n) is 7.51. The number of hydrogen-bond donors (Lipinski definition) is 2. The summed E-state index contributed by atoms with van der Waals surface area (Å²) in [5.41, 5.74) is 0. The molecule has 146 valence electrons. The van der Waals surface area contributed by atoms with Crippen molar-refractivity contribution >= 4 is 16.0 Å². The molecule has 2 aliphatic rings. The molecule has 1 saturated carbocycles. The summed E-state index contributed by atoms with van der Waals surface area (Å²) in [4.78, 5) is 6.62. The van der Waals surface area contributed by atoms with Crippen LogP contribution < -0.4 is 10.0 Å². The van der Waals surface area contributed by atoms with Gasteiger partial charge in [-0.3, -0.25) is 4.99 Å². The van der Waals surface area contributed by atoms with E-state index in [-0.39, 0.29) is 5.75 Å². The van der Waals surface area contributed by atoms with Gasteiger partial charge in [0.05, 0.1) is 5.75 Å². The molecular weight excluding hydrogens is 336 g/mol. The first-order valence-corrected chi connectivity index (χ1v) is 11.6. The highest BCUT2D eigenvalue weighted by Crippen LogP contribution is 2.28. The molecule has 0 amide bonds. The van der Waals surface area contributed by atoms with E-state index in [1.807, 2.05) is 0 Å². The normalized spacial score (nSPS) is 22.5. The van der Waals surface area contributed by atoms with Crippen LogP contribution in [0.2, 0.25) is 0 Å². The number of likely N-dealkylation sites (tertiary alicyclic amines) is 1. The largest absolute Gasteiger partial charge is 0.355 e. The van der Waals surface area contributed by atoms with E-state index in [2.05, 4.69) is 33.8 Å². The maximum Gasteiger partial charge on any atom is 0.213 e. The minimum absolute atomic E-state index is 0.0998. The van der Waals surface area contributed by atoms with E-state index in [1.165, 1.54) is 25.7 Å². The first kappa shape index (κ1) is 20.5. The number of rotatable bonds is 9. The Kier molecular flexibility index (Phi) is 8.00. The third-order valence-corrected chi connectivity index (χ3v) is 7.27. The quantitative estimate of drug-likeness (QED) is 0.480. The minimum atomic E-state index is -3.20. The predicted molar refractivity (Wildman–Crippen MR) is 104 cm³/mol. The van der Waals surface area contributed by atoms with Gasteiger partial charge in [0.15, 0.2) is 5.96 Å². The van der Waals surface area contributed by atoms with Gasteiger partial charge in [0.2, 0.25) is 10.0 Å². The zero-order valence-electron chi connectivity index (χ0n) is 16.1. The molecule has 0 radical (unpaired) electrons. The van der Waals surface area contributed by atoms with Crippen molar-refractivity contribution in [3.05, 3.63) is 0 Å². The lowest BCUT2D eigenvalue weighted by molar-refractivity contribution is 0.316. The van der Waals surface area contributed by atoms with Crippen LogP contribution >= 0.6 is 0 Å². The molecule has 1 aliphatic carbocycles. The first-order chi connectivity index (χ1) is 12.0. The van der Waals surface area contributed by atoms with Crippen LogP contribution in [0, 0.1) is 17.8 Å². The molecule has 1 saturated heterocycles. The lowest BCUT2D eigenvalue weighted by Gasteiger charge is -2.25. The van der Waals surface area contributed by atoms with Crippen LogP contribution in [-0.4, -0.2) is 58.3 Å². The van der Waals surface area contributed by atoms with E-state index in [4.69, 9.17) is 0 Å². The molecule has 0 spiro atoms. The van der Waals surface area contributed by atoms with E-state index in [0.29, 0.717) is 19.0 Å². The zero-order valence-corrected chi connectivity index (χ0v) is 16.9. The van der Waals surface area contributed by atoms with Crippen molar-refractivity contribution in [2.24, 2.45) is 22.7 Å². The van der Waals surface area contributed by atoms with Gasteiger partial charge in [0, 0.05) is 33.2 Å². The van der Waals surface area contributed by atoms with Gasteiger partial charge in [0.25, 0.3) is 0 Å². The van der Waals surface area contributed by atoms with Crippen LogP contribution in [0.15, 0.2) is 4.99 Å². The second kappa shape index (κ2) is 9.76. The van der Waals surface area contributed by atoms with Gasteiger partial charge in [-0.25, -0.2) is 13.1 Å². The molecule has 0 aromatic carbocycles. The van der Waals surface area contributed by atoms with Crippen LogP contribution in [0.1, 0.15) is 52.4 Å². The minimum Gasteiger partial charge on any atom is -0.355 e. The van der Waals surface area contributed by atoms with Crippen molar-refractivity contribution in [2.75, 3.05) is 39.0 Å². The summed E-state index contributed by atoms with van der Waals surface area (Å²) in [5.74, 6) is 2.98. The molecule has 1 heterocycles. The third-order valence-electron chi connectivity index (χ3n) is 5.92. The maximum atomic E-state index is 12.1. The van der Waals surface area contributed by atoms with Gasteiger partial charge in [-0.2, -0.15) is 0 Å². The highest BCUT2D eigenvalue weighted by Gasteiger charge is 2.29. The SMILES string of the molecule is CCC(CC)C1CCN(C(=NC)NCCS(=O)(=O)NCC2CCC2)C1. The van der Waals surface area contributed by atoms with Crippen molar-refractivity contribution in [1.29, 1.82) is 0 Å². The Balaban J connectivity index is 1.73. The summed E-state index contributed by atoms with van der Waals surface area (Å²) < 4.78 is 26.9. The van der Waals surface area contributed by atoms with E-state index in [0.717, 1.165) is 43.7 Å². The second-order valence-corrected chi connectivity index (χ2v) is 9.44. The molecule has 2 N–H and O–H groups in total. The highest BCUT2D eigenvalue weighted by molar-refractivity contribution is 7.89. The fourth-order valence-electron chi connectivity index (χ4n) is 3.96. The van der Waals surface area contributed by atoms with E-state index < -0.39 is 10.0 Å². The summed E-state index contributed by atoms with van der Waals surface area (Å²) in [6.07, 6.45) is 7.20. The topological polar surface area (TPSA) is 73.8 Å².